The zero-order valence-corrected chi connectivity index (χ0v) is 12.7. The van der Waals surface area contributed by atoms with E-state index >= 15 is 0 Å². The van der Waals surface area contributed by atoms with E-state index in [0.717, 1.165) is 25.6 Å². The highest BCUT2D eigenvalue weighted by molar-refractivity contribution is 8.93. The van der Waals surface area contributed by atoms with Crippen molar-refractivity contribution in [3.8, 4) is 0 Å². The number of rotatable bonds is 4. The number of hydrogen-bond acceptors (Lipinski definition) is 5. The average molecular weight is 319 g/mol. The fourth-order valence-corrected chi connectivity index (χ4v) is 2.48. The van der Waals surface area contributed by atoms with E-state index in [9.17, 15) is 0 Å². The first-order chi connectivity index (χ1) is 7.77. The fraction of sp³-hybridized carbons (Fsp3) is 0.545. The van der Waals surface area contributed by atoms with Crippen LogP contribution in [-0.2, 0) is 0 Å². The largest absolute Gasteiger partial charge is 0.355 e. The highest BCUT2D eigenvalue weighted by Gasteiger charge is 2.15. The summed E-state index contributed by atoms with van der Waals surface area (Å²) in [7, 11) is 4.21. The Morgan fingerprint density at radius 1 is 1.59 bits per heavy atom. The maximum atomic E-state index is 4.33. The van der Waals surface area contributed by atoms with Gasteiger partial charge in [-0.05, 0) is 36.5 Å². The zero-order chi connectivity index (χ0) is 11.4. The second-order valence-electron chi connectivity index (χ2n) is 4.07. The lowest BCUT2D eigenvalue weighted by atomic mass is 10.1. The molecule has 0 spiro atoms. The normalized spacial score (nSPS) is 16.1. The molecule has 1 unspecified atom stereocenters. The molecule has 17 heavy (non-hydrogen) atoms. The van der Waals surface area contributed by atoms with Crippen molar-refractivity contribution in [1.82, 2.24) is 15.5 Å². The zero-order valence-electron chi connectivity index (χ0n) is 10.1. The number of guanidine groups is 1. The van der Waals surface area contributed by atoms with E-state index in [0.29, 0.717) is 6.04 Å². The molecule has 0 amide bonds. The molecule has 0 fully saturated rings. The van der Waals surface area contributed by atoms with Crippen LogP contribution in [0.25, 0.3) is 0 Å². The molecule has 2 rings (SSSR count). The Morgan fingerprint density at radius 2 is 2.41 bits per heavy atom. The van der Waals surface area contributed by atoms with Gasteiger partial charge < -0.3 is 15.5 Å². The first-order valence-corrected chi connectivity index (χ1v) is 6.42. The first kappa shape index (κ1) is 14.5. The van der Waals surface area contributed by atoms with Crippen LogP contribution in [-0.4, -0.2) is 44.6 Å². The summed E-state index contributed by atoms with van der Waals surface area (Å²) in [5, 5.41) is 10.9. The molecular weight excluding hydrogens is 300 g/mol. The Hall–Kier alpha value is -0.590. The molecule has 0 aliphatic carbocycles. The maximum Gasteiger partial charge on any atom is 0.191 e. The molecule has 4 nitrogen and oxygen atoms in total. The van der Waals surface area contributed by atoms with Crippen LogP contribution >= 0.6 is 28.3 Å². The summed E-state index contributed by atoms with van der Waals surface area (Å²) in [5.74, 6) is 0.932. The summed E-state index contributed by atoms with van der Waals surface area (Å²) in [4.78, 5) is 6.55. The lowest BCUT2D eigenvalue weighted by Gasteiger charge is -2.24. The molecule has 96 valence electrons. The number of likely N-dealkylation sites (N-methyl/N-ethyl adjacent to an activating group) is 1. The highest BCUT2D eigenvalue weighted by atomic mass is 79.9. The standard InChI is InChI=1S/C11H18N4S.BrH/c1-15(2)10(9-3-6-16-8-9)7-14-11-12-4-5-13-11;/h3,6,8,10H,4-5,7H2,1-2H3,(H2,12,13,14);1H. The molecule has 1 aromatic heterocycles. The van der Waals surface area contributed by atoms with E-state index in [1.54, 1.807) is 11.3 Å². The summed E-state index contributed by atoms with van der Waals surface area (Å²) < 4.78 is 0. The molecular formula is C11H19BrN4S. The van der Waals surface area contributed by atoms with Crippen LogP contribution in [0.2, 0.25) is 0 Å². The number of nitrogens with zero attached hydrogens (tertiary/aromatic N) is 2. The van der Waals surface area contributed by atoms with Crippen molar-refractivity contribution < 1.29 is 0 Å². The quantitative estimate of drug-likeness (QED) is 0.883. The molecule has 1 aliphatic rings. The number of aliphatic imine (C=N–C) groups is 1. The van der Waals surface area contributed by atoms with Crippen LogP contribution in [0, 0.1) is 0 Å². The van der Waals surface area contributed by atoms with Gasteiger partial charge in [-0.2, -0.15) is 11.3 Å². The van der Waals surface area contributed by atoms with E-state index < -0.39 is 0 Å². The van der Waals surface area contributed by atoms with E-state index in [-0.39, 0.29) is 17.0 Å². The van der Waals surface area contributed by atoms with Gasteiger partial charge in [-0.25, -0.2) is 0 Å². The molecule has 1 aromatic rings. The molecule has 0 bridgehead atoms. The first-order valence-electron chi connectivity index (χ1n) is 5.48. The van der Waals surface area contributed by atoms with Crippen molar-refractivity contribution >= 4 is 34.3 Å². The van der Waals surface area contributed by atoms with Crippen molar-refractivity contribution in [2.45, 2.75) is 6.04 Å². The van der Waals surface area contributed by atoms with E-state index in [1.165, 1.54) is 5.56 Å². The average Bonchev–Trinajstić information content (AvgIpc) is 2.88. The molecule has 0 radical (unpaired) electrons. The van der Waals surface area contributed by atoms with Crippen LogP contribution in [0.1, 0.15) is 11.6 Å². The van der Waals surface area contributed by atoms with Gasteiger partial charge in [-0.3, -0.25) is 4.99 Å². The molecule has 2 N–H and O–H groups in total. The topological polar surface area (TPSA) is 39.7 Å². The fourth-order valence-electron chi connectivity index (χ4n) is 1.77. The molecule has 1 aliphatic heterocycles. The maximum absolute atomic E-state index is 4.33. The summed E-state index contributed by atoms with van der Waals surface area (Å²) in [6.07, 6.45) is 0. The van der Waals surface area contributed by atoms with Gasteiger partial charge in [0.05, 0.1) is 12.6 Å². The Balaban J connectivity index is 0.00000144. The number of nitrogens with one attached hydrogen (secondary N) is 2. The monoisotopic (exact) mass is 318 g/mol. The Labute approximate surface area is 117 Å². The van der Waals surface area contributed by atoms with Crippen molar-refractivity contribution in [2.24, 2.45) is 4.99 Å². The van der Waals surface area contributed by atoms with Gasteiger partial charge in [0.25, 0.3) is 0 Å². The van der Waals surface area contributed by atoms with Crippen LogP contribution < -0.4 is 10.6 Å². The summed E-state index contributed by atoms with van der Waals surface area (Å²) in [6.45, 7) is 2.72. The third-order valence-electron chi connectivity index (χ3n) is 2.69. The van der Waals surface area contributed by atoms with Crippen molar-refractivity contribution in [3.63, 3.8) is 0 Å². The van der Waals surface area contributed by atoms with Crippen molar-refractivity contribution in [3.05, 3.63) is 22.4 Å². The van der Waals surface area contributed by atoms with E-state index in [4.69, 9.17) is 0 Å². The van der Waals surface area contributed by atoms with Crippen LogP contribution in [0.4, 0.5) is 0 Å². The lowest BCUT2D eigenvalue weighted by molar-refractivity contribution is 0.299. The van der Waals surface area contributed by atoms with Crippen LogP contribution in [0.3, 0.4) is 0 Å². The SMILES string of the molecule is Br.CN(C)C(CNC1=NCCN1)c1ccsc1. The van der Waals surface area contributed by atoms with Crippen molar-refractivity contribution in [1.29, 1.82) is 0 Å². The number of hydrogen-bond donors (Lipinski definition) is 2. The summed E-state index contributed by atoms with van der Waals surface area (Å²) in [6, 6.07) is 2.58. The van der Waals surface area contributed by atoms with Gasteiger partial charge in [0.15, 0.2) is 5.96 Å². The predicted molar refractivity (Wildman–Crippen MR) is 79.4 cm³/mol. The minimum atomic E-state index is 0. The Kier molecular flexibility index (Phi) is 5.94. The van der Waals surface area contributed by atoms with Gasteiger partial charge in [-0.1, -0.05) is 0 Å². The van der Waals surface area contributed by atoms with E-state index in [2.05, 4.69) is 51.4 Å². The lowest BCUT2D eigenvalue weighted by Crippen LogP contribution is -2.39. The highest BCUT2D eigenvalue weighted by Crippen LogP contribution is 2.19. The minimum absolute atomic E-state index is 0. The van der Waals surface area contributed by atoms with Gasteiger partial charge in [-0.15, -0.1) is 17.0 Å². The number of halogens is 1. The summed E-state index contributed by atoms with van der Waals surface area (Å²) in [5.41, 5.74) is 1.36. The van der Waals surface area contributed by atoms with Crippen LogP contribution in [0.5, 0.6) is 0 Å². The predicted octanol–water partition coefficient (Wildman–Crippen LogP) is 1.48. The molecule has 0 saturated heterocycles. The molecule has 0 saturated carbocycles. The third kappa shape index (κ3) is 3.97. The Morgan fingerprint density at radius 3 is 2.94 bits per heavy atom. The molecule has 2 heterocycles. The van der Waals surface area contributed by atoms with E-state index in [1.807, 2.05) is 0 Å². The third-order valence-corrected chi connectivity index (χ3v) is 3.39. The van der Waals surface area contributed by atoms with Gasteiger partial charge >= 0.3 is 0 Å². The second-order valence-corrected chi connectivity index (χ2v) is 4.85. The van der Waals surface area contributed by atoms with Crippen molar-refractivity contribution in [2.75, 3.05) is 33.7 Å². The smallest absolute Gasteiger partial charge is 0.191 e. The van der Waals surface area contributed by atoms with Gasteiger partial charge in [0.2, 0.25) is 0 Å². The van der Waals surface area contributed by atoms with Gasteiger partial charge in [0, 0.05) is 13.1 Å². The molecule has 0 aromatic carbocycles. The van der Waals surface area contributed by atoms with Crippen LogP contribution in [0.15, 0.2) is 21.8 Å². The van der Waals surface area contributed by atoms with Gasteiger partial charge in [0.1, 0.15) is 0 Å². The second kappa shape index (κ2) is 6.98. The minimum Gasteiger partial charge on any atom is -0.355 e. The molecule has 6 heteroatoms. The summed E-state index contributed by atoms with van der Waals surface area (Å²) >= 11 is 1.74. The number of thiophene rings is 1. The Bertz CT molecular complexity index is 350. The molecule has 1 atom stereocenters.